The number of ketones is 1. The number of benzene rings is 1. The number of Topliss-reactive ketones (excluding diaryl/α,β-unsaturated/α-hetero) is 1. The van der Waals surface area contributed by atoms with Crippen LogP contribution in [0.15, 0.2) is 24.3 Å². The Hall–Kier alpha value is -1.84. The van der Waals surface area contributed by atoms with Crippen molar-refractivity contribution in [2.75, 3.05) is 12.4 Å². The molecule has 2 heterocycles. The van der Waals surface area contributed by atoms with Gasteiger partial charge in [0.15, 0.2) is 0 Å². The minimum absolute atomic E-state index is 0.0728. The monoisotopic (exact) mass is 383 g/mol. The van der Waals surface area contributed by atoms with E-state index in [0.717, 1.165) is 32.1 Å². The van der Waals surface area contributed by atoms with Crippen LogP contribution in [0.5, 0.6) is 0 Å². The lowest BCUT2D eigenvalue weighted by molar-refractivity contribution is -0.135. The number of nitrogens with one attached hydrogen (secondary N) is 1. The maximum atomic E-state index is 13.0. The Morgan fingerprint density at radius 3 is 2.89 bits per heavy atom. The average Bonchev–Trinajstić information content (AvgIpc) is 3.36. The summed E-state index contributed by atoms with van der Waals surface area (Å²) in [6.45, 7) is 0.625. The Labute approximate surface area is 164 Å². The topological polar surface area (TPSA) is 73.2 Å². The maximum Gasteiger partial charge on any atom is 0.242 e. The highest BCUT2D eigenvalue weighted by atomic mass is 32.2. The van der Waals surface area contributed by atoms with Crippen LogP contribution >= 0.6 is 11.8 Å². The molecular formula is C21H25N3O2S. The van der Waals surface area contributed by atoms with Crippen molar-refractivity contribution in [1.29, 1.82) is 5.26 Å². The van der Waals surface area contributed by atoms with Gasteiger partial charge in [0.1, 0.15) is 17.9 Å². The van der Waals surface area contributed by atoms with Gasteiger partial charge in [-0.15, -0.1) is 11.8 Å². The van der Waals surface area contributed by atoms with Gasteiger partial charge in [-0.2, -0.15) is 5.26 Å². The summed E-state index contributed by atoms with van der Waals surface area (Å²) in [5.74, 6) is 1.09. The summed E-state index contributed by atoms with van der Waals surface area (Å²) < 4.78 is 0. The summed E-state index contributed by atoms with van der Waals surface area (Å²) in [6.07, 6.45) is 5.16. The van der Waals surface area contributed by atoms with Crippen LogP contribution < -0.4 is 5.32 Å². The Kier molecular flexibility index (Phi) is 5.51. The molecule has 4 rings (SSSR count). The summed E-state index contributed by atoms with van der Waals surface area (Å²) in [7, 11) is 0. The zero-order valence-corrected chi connectivity index (χ0v) is 16.2. The molecule has 1 N–H and O–H groups in total. The van der Waals surface area contributed by atoms with Crippen LogP contribution in [-0.2, 0) is 22.4 Å². The molecule has 1 aromatic rings. The smallest absolute Gasteiger partial charge is 0.242 e. The predicted octanol–water partition coefficient (Wildman–Crippen LogP) is 2.30. The highest BCUT2D eigenvalue weighted by Gasteiger charge is 2.43. The quantitative estimate of drug-likeness (QED) is 0.864. The molecular weight excluding hydrogens is 358 g/mol. The van der Waals surface area contributed by atoms with E-state index in [-0.39, 0.29) is 23.0 Å². The first-order chi connectivity index (χ1) is 13.2. The number of carbonyl (C=O) groups excluding carboxylic acids is 2. The fraction of sp³-hybridized carbons (Fsp3) is 0.571. The van der Waals surface area contributed by atoms with Crippen molar-refractivity contribution in [2.45, 2.75) is 55.9 Å². The minimum atomic E-state index is -0.479. The highest BCUT2D eigenvalue weighted by molar-refractivity contribution is 8.00. The zero-order chi connectivity index (χ0) is 18.8. The molecule has 2 fully saturated rings. The van der Waals surface area contributed by atoms with Crippen LogP contribution in [0.2, 0.25) is 0 Å². The Morgan fingerprint density at radius 2 is 2.07 bits per heavy atom. The van der Waals surface area contributed by atoms with Gasteiger partial charge in [0.05, 0.1) is 11.3 Å². The molecule has 2 aliphatic heterocycles. The first-order valence-corrected chi connectivity index (χ1v) is 10.9. The molecule has 2 saturated heterocycles. The second-order valence-corrected chi connectivity index (χ2v) is 8.91. The highest BCUT2D eigenvalue weighted by Crippen LogP contribution is 2.32. The van der Waals surface area contributed by atoms with E-state index in [4.69, 9.17) is 0 Å². The third-order valence-electron chi connectivity index (χ3n) is 6.08. The number of nitriles is 1. The van der Waals surface area contributed by atoms with Crippen molar-refractivity contribution in [3.8, 4) is 6.07 Å². The second kappa shape index (κ2) is 8.04. The molecule has 5 nitrogen and oxygen atoms in total. The number of carbonyl (C=O) groups is 2. The van der Waals surface area contributed by atoms with Crippen molar-refractivity contribution in [3.05, 3.63) is 35.4 Å². The molecule has 0 radical (unpaired) electrons. The second-order valence-electron chi connectivity index (χ2n) is 7.78. The van der Waals surface area contributed by atoms with Gasteiger partial charge in [-0.3, -0.25) is 14.9 Å². The van der Waals surface area contributed by atoms with Crippen molar-refractivity contribution in [2.24, 2.45) is 5.92 Å². The first-order valence-electron chi connectivity index (χ1n) is 9.82. The number of hydrogen-bond acceptors (Lipinski definition) is 5. The van der Waals surface area contributed by atoms with Crippen LogP contribution in [0.25, 0.3) is 0 Å². The fourth-order valence-electron chi connectivity index (χ4n) is 4.62. The van der Waals surface area contributed by atoms with Gasteiger partial charge < -0.3 is 4.90 Å². The van der Waals surface area contributed by atoms with Crippen molar-refractivity contribution in [3.63, 3.8) is 0 Å². The molecule has 1 amide bonds. The summed E-state index contributed by atoms with van der Waals surface area (Å²) in [5, 5.41) is 12.1. The molecule has 1 aliphatic carbocycles. The Morgan fingerprint density at radius 1 is 1.26 bits per heavy atom. The van der Waals surface area contributed by atoms with Crippen molar-refractivity contribution in [1.82, 2.24) is 10.2 Å². The van der Waals surface area contributed by atoms with E-state index < -0.39 is 6.04 Å². The number of rotatable bonds is 4. The summed E-state index contributed by atoms with van der Waals surface area (Å²) >= 11 is 1.54. The van der Waals surface area contributed by atoms with Gasteiger partial charge in [-0.05, 0) is 49.1 Å². The lowest BCUT2D eigenvalue weighted by atomic mass is 9.81. The molecule has 142 valence electrons. The van der Waals surface area contributed by atoms with Crippen molar-refractivity contribution >= 4 is 23.5 Å². The van der Waals surface area contributed by atoms with Gasteiger partial charge in [0.25, 0.3) is 0 Å². The standard InChI is InChI=1S/C21H25N3O2S/c22-12-17-6-3-9-24(17)21(26)19-20(27-13-23-19)18(25)11-14-7-8-15-4-1-2-5-16(15)10-14/h1-2,4-5,14,17,19-20,23H,3,6-11,13H2/t14-,17+,19+,20?/m1/s1. The average molecular weight is 384 g/mol. The summed E-state index contributed by atoms with van der Waals surface area (Å²) in [4.78, 5) is 27.6. The molecule has 27 heavy (non-hydrogen) atoms. The van der Waals surface area contributed by atoms with Gasteiger partial charge in [0.2, 0.25) is 5.91 Å². The van der Waals surface area contributed by atoms with E-state index in [0.29, 0.717) is 24.8 Å². The largest absolute Gasteiger partial charge is 0.325 e. The van der Waals surface area contributed by atoms with Crippen LogP contribution in [0.1, 0.15) is 36.8 Å². The van der Waals surface area contributed by atoms with Crippen LogP contribution in [0.3, 0.4) is 0 Å². The Balaban J connectivity index is 1.40. The minimum Gasteiger partial charge on any atom is -0.325 e. The molecule has 0 bridgehead atoms. The predicted molar refractivity (Wildman–Crippen MR) is 105 cm³/mol. The third-order valence-corrected chi connectivity index (χ3v) is 7.30. The number of amides is 1. The van der Waals surface area contributed by atoms with E-state index in [1.54, 1.807) is 4.90 Å². The fourth-order valence-corrected chi connectivity index (χ4v) is 5.76. The number of likely N-dealkylation sites (tertiary alicyclic amines) is 1. The van der Waals surface area contributed by atoms with E-state index in [2.05, 4.69) is 35.7 Å². The van der Waals surface area contributed by atoms with E-state index in [9.17, 15) is 14.9 Å². The first kappa shape index (κ1) is 18.5. The summed E-state index contributed by atoms with van der Waals surface area (Å²) in [5.41, 5.74) is 2.77. The van der Waals surface area contributed by atoms with Gasteiger partial charge in [-0.1, -0.05) is 24.3 Å². The van der Waals surface area contributed by atoms with Gasteiger partial charge in [-0.25, -0.2) is 0 Å². The summed E-state index contributed by atoms with van der Waals surface area (Å²) in [6, 6.07) is 9.90. The normalized spacial score (nSPS) is 30.0. The zero-order valence-electron chi connectivity index (χ0n) is 15.4. The lowest BCUT2D eigenvalue weighted by Gasteiger charge is -2.28. The lowest BCUT2D eigenvalue weighted by Crippen LogP contribution is -2.51. The number of hydrogen-bond donors (Lipinski definition) is 1. The van der Waals surface area contributed by atoms with Crippen LogP contribution in [0, 0.1) is 17.2 Å². The molecule has 4 atom stereocenters. The molecule has 0 saturated carbocycles. The van der Waals surface area contributed by atoms with Gasteiger partial charge >= 0.3 is 0 Å². The number of fused-ring (bicyclic) bond motifs is 1. The molecule has 6 heteroatoms. The number of thioether (sulfide) groups is 1. The molecule has 1 unspecified atom stereocenters. The van der Waals surface area contributed by atoms with E-state index >= 15 is 0 Å². The third kappa shape index (κ3) is 3.76. The Bertz CT molecular complexity index is 775. The number of nitrogens with zero attached hydrogens (tertiary/aromatic N) is 2. The molecule has 1 aromatic carbocycles. The number of aryl methyl sites for hydroxylation is 1. The van der Waals surface area contributed by atoms with E-state index in [1.165, 1.54) is 22.9 Å². The SMILES string of the molecule is N#C[C@@H]1CCCN1C(=O)[C@H]1NCSC1C(=O)C[C@@H]1CCc2ccccc2C1. The molecule has 3 aliphatic rings. The molecule has 0 aromatic heterocycles. The molecule has 0 spiro atoms. The maximum absolute atomic E-state index is 13.0. The van der Waals surface area contributed by atoms with Crippen molar-refractivity contribution < 1.29 is 9.59 Å². The van der Waals surface area contributed by atoms with Crippen LogP contribution in [-0.4, -0.2) is 46.3 Å². The van der Waals surface area contributed by atoms with E-state index in [1.807, 2.05) is 0 Å². The van der Waals surface area contributed by atoms with Gasteiger partial charge in [0, 0.05) is 18.8 Å². The van der Waals surface area contributed by atoms with Crippen LogP contribution in [0.4, 0.5) is 0 Å².